The van der Waals surface area contributed by atoms with Gasteiger partial charge in [-0.1, -0.05) is 13.8 Å². The maximum absolute atomic E-state index is 4.14. The van der Waals surface area contributed by atoms with Gasteiger partial charge in [0.25, 0.3) is 0 Å². The van der Waals surface area contributed by atoms with Crippen molar-refractivity contribution >= 4 is 0 Å². The molecule has 0 saturated heterocycles. The van der Waals surface area contributed by atoms with Crippen LogP contribution in [0.5, 0.6) is 0 Å². The molecule has 0 aliphatic rings. The van der Waals surface area contributed by atoms with Crippen molar-refractivity contribution < 1.29 is 0 Å². The molecule has 1 heterocycles. The molecule has 0 aliphatic heterocycles. The number of rotatable bonds is 6. The second kappa shape index (κ2) is 5.75. The Balaban J connectivity index is 2.13. The fraction of sp³-hybridized carbons (Fsp3) is 0.700. The molecule has 0 amide bonds. The summed E-state index contributed by atoms with van der Waals surface area (Å²) < 4.78 is 1.95. The van der Waals surface area contributed by atoms with Gasteiger partial charge in [-0.15, -0.1) is 0 Å². The molecule has 0 spiro atoms. The van der Waals surface area contributed by atoms with E-state index in [0.29, 0.717) is 6.04 Å². The van der Waals surface area contributed by atoms with Crippen LogP contribution in [-0.2, 0) is 6.54 Å². The van der Waals surface area contributed by atoms with Crippen LogP contribution in [0.25, 0.3) is 0 Å². The summed E-state index contributed by atoms with van der Waals surface area (Å²) in [5, 5.41) is 7.64. The summed E-state index contributed by atoms with van der Waals surface area (Å²) in [7, 11) is 0. The van der Waals surface area contributed by atoms with Crippen molar-refractivity contribution in [2.24, 2.45) is 0 Å². The first-order valence-electron chi connectivity index (χ1n) is 5.07. The monoisotopic (exact) mass is 181 g/mol. The number of nitrogens with one attached hydrogen (secondary N) is 1. The minimum atomic E-state index is 0.663. The van der Waals surface area contributed by atoms with Crippen molar-refractivity contribution in [1.29, 1.82) is 0 Å². The summed E-state index contributed by atoms with van der Waals surface area (Å²) in [5.74, 6) is 0. The predicted molar refractivity (Wildman–Crippen MR) is 54.6 cm³/mol. The van der Waals surface area contributed by atoms with Gasteiger partial charge in [0, 0.05) is 25.0 Å². The minimum absolute atomic E-state index is 0.663. The molecule has 0 fully saturated rings. The van der Waals surface area contributed by atoms with E-state index in [2.05, 4.69) is 24.3 Å². The third-order valence-electron chi connectivity index (χ3n) is 2.32. The molecule has 3 nitrogen and oxygen atoms in total. The first-order chi connectivity index (χ1) is 6.36. The molecule has 1 rings (SSSR count). The zero-order valence-corrected chi connectivity index (χ0v) is 8.53. The third-order valence-corrected chi connectivity index (χ3v) is 2.32. The van der Waals surface area contributed by atoms with Crippen LogP contribution in [0.2, 0.25) is 0 Å². The van der Waals surface area contributed by atoms with Gasteiger partial charge in [0.05, 0.1) is 6.54 Å². The highest BCUT2D eigenvalue weighted by molar-refractivity contribution is 4.77. The Morgan fingerprint density at radius 3 is 2.69 bits per heavy atom. The molecule has 1 N–H and O–H groups in total. The molecule has 3 heteroatoms. The molecule has 0 aliphatic carbocycles. The van der Waals surface area contributed by atoms with Gasteiger partial charge in [0.2, 0.25) is 0 Å². The zero-order chi connectivity index (χ0) is 9.52. The standard InChI is InChI=1S/C10H19N3/c1-3-10(4-2)11-7-9-13-8-5-6-12-13/h5-6,8,10-11H,3-4,7,9H2,1-2H3. The average molecular weight is 181 g/mol. The van der Waals surface area contributed by atoms with E-state index < -0.39 is 0 Å². The molecule has 1 aromatic rings. The number of nitrogens with zero attached hydrogens (tertiary/aromatic N) is 2. The molecule has 74 valence electrons. The van der Waals surface area contributed by atoms with Crippen molar-refractivity contribution in [3.63, 3.8) is 0 Å². The number of hydrogen-bond acceptors (Lipinski definition) is 2. The third kappa shape index (κ3) is 3.59. The van der Waals surface area contributed by atoms with Gasteiger partial charge in [-0.2, -0.15) is 5.10 Å². The molecule has 1 aromatic heterocycles. The fourth-order valence-electron chi connectivity index (χ4n) is 1.39. The number of hydrogen-bond donors (Lipinski definition) is 1. The molecule has 0 aromatic carbocycles. The van der Waals surface area contributed by atoms with Crippen LogP contribution in [0.4, 0.5) is 0 Å². The van der Waals surface area contributed by atoms with Crippen LogP contribution in [-0.4, -0.2) is 22.4 Å². The van der Waals surface area contributed by atoms with Gasteiger partial charge >= 0.3 is 0 Å². The van der Waals surface area contributed by atoms with Crippen LogP contribution < -0.4 is 5.32 Å². The molecular formula is C10H19N3. The van der Waals surface area contributed by atoms with E-state index in [-0.39, 0.29) is 0 Å². The highest BCUT2D eigenvalue weighted by atomic mass is 15.3. The Bertz CT molecular complexity index is 202. The Kier molecular flexibility index (Phi) is 4.54. The van der Waals surface area contributed by atoms with Gasteiger partial charge in [-0.05, 0) is 18.9 Å². The van der Waals surface area contributed by atoms with Crippen LogP contribution in [0.3, 0.4) is 0 Å². The van der Waals surface area contributed by atoms with E-state index in [1.165, 1.54) is 12.8 Å². The molecule has 0 unspecified atom stereocenters. The molecular weight excluding hydrogens is 162 g/mol. The van der Waals surface area contributed by atoms with E-state index in [4.69, 9.17) is 0 Å². The normalized spacial score (nSPS) is 11.0. The zero-order valence-electron chi connectivity index (χ0n) is 8.53. The Labute approximate surface area is 80.1 Å². The van der Waals surface area contributed by atoms with Crippen molar-refractivity contribution in [2.75, 3.05) is 6.54 Å². The first-order valence-corrected chi connectivity index (χ1v) is 5.07. The Morgan fingerprint density at radius 2 is 2.15 bits per heavy atom. The average Bonchev–Trinajstić information content (AvgIpc) is 2.65. The van der Waals surface area contributed by atoms with Crippen LogP contribution >= 0.6 is 0 Å². The second-order valence-corrected chi connectivity index (χ2v) is 3.24. The van der Waals surface area contributed by atoms with Crippen molar-refractivity contribution in [2.45, 2.75) is 39.3 Å². The molecule has 0 atom stereocenters. The Morgan fingerprint density at radius 1 is 1.38 bits per heavy atom. The lowest BCUT2D eigenvalue weighted by Crippen LogP contribution is -2.30. The van der Waals surface area contributed by atoms with Gasteiger partial charge in [-0.25, -0.2) is 0 Å². The van der Waals surface area contributed by atoms with Gasteiger partial charge < -0.3 is 5.32 Å². The van der Waals surface area contributed by atoms with Crippen molar-refractivity contribution in [3.8, 4) is 0 Å². The SMILES string of the molecule is CCC(CC)NCCn1cccn1. The van der Waals surface area contributed by atoms with Crippen molar-refractivity contribution in [1.82, 2.24) is 15.1 Å². The summed E-state index contributed by atoms with van der Waals surface area (Å²) in [5.41, 5.74) is 0. The maximum atomic E-state index is 4.14. The van der Waals surface area contributed by atoms with Gasteiger partial charge in [0.15, 0.2) is 0 Å². The minimum Gasteiger partial charge on any atom is -0.312 e. The van der Waals surface area contributed by atoms with Gasteiger partial charge in [-0.3, -0.25) is 4.68 Å². The van der Waals surface area contributed by atoms with Crippen molar-refractivity contribution in [3.05, 3.63) is 18.5 Å². The fourth-order valence-corrected chi connectivity index (χ4v) is 1.39. The number of aromatic nitrogens is 2. The highest BCUT2D eigenvalue weighted by Crippen LogP contribution is 1.95. The van der Waals surface area contributed by atoms with Crippen LogP contribution in [0.15, 0.2) is 18.5 Å². The molecule has 0 saturated carbocycles. The largest absolute Gasteiger partial charge is 0.312 e. The van der Waals surface area contributed by atoms with Crippen LogP contribution in [0, 0.1) is 0 Å². The summed E-state index contributed by atoms with van der Waals surface area (Å²) in [6, 6.07) is 2.62. The van der Waals surface area contributed by atoms with E-state index in [1.807, 2.05) is 23.1 Å². The molecule has 0 radical (unpaired) electrons. The van der Waals surface area contributed by atoms with Gasteiger partial charge in [0.1, 0.15) is 0 Å². The van der Waals surface area contributed by atoms with E-state index in [0.717, 1.165) is 13.1 Å². The van der Waals surface area contributed by atoms with Crippen LogP contribution in [0.1, 0.15) is 26.7 Å². The van der Waals surface area contributed by atoms with E-state index >= 15 is 0 Å². The Hall–Kier alpha value is -0.830. The summed E-state index contributed by atoms with van der Waals surface area (Å²) in [6.07, 6.45) is 6.22. The highest BCUT2D eigenvalue weighted by Gasteiger charge is 2.00. The molecule has 13 heavy (non-hydrogen) atoms. The smallest absolute Gasteiger partial charge is 0.0534 e. The second-order valence-electron chi connectivity index (χ2n) is 3.24. The quantitative estimate of drug-likeness (QED) is 0.723. The predicted octanol–water partition coefficient (Wildman–Crippen LogP) is 1.66. The lowest BCUT2D eigenvalue weighted by Gasteiger charge is -2.14. The topological polar surface area (TPSA) is 29.9 Å². The lowest BCUT2D eigenvalue weighted by atomic mass is 10.2. The first kappa shape index (κ1) is 10.3. The lowest BCUT2D eigenvalue weighted by molar-refractivity contribution is 0.454. The summed E-state index contributed by atoms with van der Waals surface area (Å²) in [6.45, 7) is 6.40. The van der Waals surface area contributed by atoms with E-state index in [9.17, 15) is 0 Å². The van der Waals surface area contributed by atoms with E-state index in [1.54, 1.807) is 0 Å². The molecule has 0 bridgehead atoms. The summed E-state index contributed by atoms with van der Waals surface area (Å²) in [4.78, 5) is 0. The summed E-state index contributed by atoms with van der Waals surface area (Å²) >= 11 is 0. The maximum Gasteiger partial charge on any atom is 0.0534 e.